The Balaban J connectivity index is 2.91. The van der Waals surface area contributed by atoms with Crippen LogP contribution in [-0.2, 0) is 6.54 Å². The fourth-order valence-corrected chi connectivity index (χ4v) is 2.03. The largest absolute Gasteiger partial charge is 0.494 e. The quantitative estimate of drug-likeness (QED) is 0.808. The van der Waals surface area contributed by atoms with Crippen LogP contribution in [0.15, 0.2) is 18.2 Å². The van der Waals surface area contributed by atoms with Gasteiger partial charge in [-0.2, -0.15) is 0 Å². The molecule has 0 bridgehead atoms. The predicted octanol–water partition coefficient (Wildman–Crippen LogP) is 2.98. The van der Waals surface area contributed by atoms with E-state index in [1.165, 1.54) is 0 Å². The van der Waals surface area contributed by atoms with Gasteiger partial charge < -0.3 is 14.7 Å². The maximum Gasteiger partial charge on any atom is 0.123 e. The molecule has 0 aliphatic carbocycles. The minimum atomic E-state index is -0.434. The summed E-state index contributed by atoms with van der Waals surface area (Å²) in [6, 6.07) is 5.93. The Kier molecular flexibility index (Phi) is 6.16. The number of aliphatic hydroxyl groups is 1. The Morgan fingerprint density at radius 2 is 2.06 bits per heavy atom. The van der Waals surface area contributed by atoms with E-state index in [9.17, 15) is 5.11 Å². The minimum absolute atomic E-state index is 0.434. The van der Waals surface area contributed by atoms with Crippen molar-refractivity contribution < 1.29 is 9.84 Å². The molecule has 0 heterocycles. The van der Waals surface area contributed by atoms with Crippen LogP contribution in [0.4, 0.5) is 0 Å². The van der Waals surface area contributed by atoms with E-state index in [4.69, 9.17) is 4.74 Å². The lowest BCUT2D eigenvalue weighted by atomic mass is 10.1. The van der Waals surface area contributed by atoms with Crippen LogP contribution in [-0.4, -0.2) is 30.2 Å². The molecular weight excluding hydrogens is 226 g/mol. The van der Waals surface area contributed by atoms with E-state index in [0.29, 0.717) is 6.61 Å². The average molecular weight is 251 g/mol. The maximum absolute atomic E-state index is 9.65. The van der Waals surface area contributed by atoms with Gasteiger partial charge in [0.25, 0.3) is 0 Å². The second-order valence-corrected chi connectivity index (χ2v) is 4.71. The van der Waals surface area contributed by atoms with Gasteiger partial charge in [-0.3, -0.25) is 0 Å². The van der Waals surface area contributed by atoms with Gasteiger partial charge in [-0.15, -0.1) is 0 Å². The second-order valence-electron chi connectivity index (χ2n) is 4.71. The minimum Gasteiger partial charge on any atom is -0.494 e. The van der Waals surface area contributed by atoms with Gasteiger partial charge in [0.15, 0.2) is 0 Å². The molecule has 18 heavy (non-hydrogen) atoms. The third kappa shape index (κ3) is 4.31. The van der Waals surface area contributed by atoms with Gasteiger partial charge in [0.2, 0.25) is 0 Å². The van der Waals surface area contributed by atoms with E-state index in [2.05, 4.69) is 18.9 Å². The van der Waals surface area contributed by atoms with Crippen molar-refractivity contribution in [1.82, 2.24) is 4.90 Å². The van der Waals surface area contributed by atoms with Crippen LogP contribution < -0.4 is 4.74 Å². The monoisotopic (exact) mass is 251 g/mol. The number of hydrogen-bond acceptors (Lipinski definition) is 3. The van der Waals surface area contributed by atoms with Gasteiger partial charge in [0.1, 0.15) is 5.75 Å². The van der Waals surface area contributed by atoms with Gasteiger partial charge in [0.05, 0.1) is 12.7 Å². The third-order valence-electron chi connectivity index (χ3n) is 2.91. The SMILES string of the molecule is CCCN(C)Cc1cc(C(C)O)ccc1OCC. The molecule has 0 aromatic heterocycles. The van der Waals surface area contributed by atoms with E-state index in [-0.39, 0.29) is 0 Å². The van der Waals surface area contributed by atoms with Gasteiger partial charge in [-0.1, -0.05) is 13.0 Å². The Bertz CT molecular complexity index is 364. The van der Waals surface area contributed by atoms with Gasteiger partial charge in [-0.05, 0) is 51.6 Å². The zero-order valence-electron chi connectivity index (χ0n) is 11.9. The Hall–Kier alpha value is -1.06. The summed E-state index contributed by atoms with van der Waals surface area (Å²) >= 11 is 0. The number of hydrogen-bond donors (Lipinski definition) is 1. The lowest BCUT2D eigenvalue weighted by Gasteiger charge is -2.19. The summed E-state index contributed by atoms with van der Waals surface area (Å²) < 4.78 is 5.64. The number of aliphatic hydroxyl groups excluding tert-OH is 1. The van der Waals surface area contributed by atoms with E-state index in [0.717, 1.165) is 36.4 Å². The van der Waals surface area contributed by atoms with Crippen LogP contribution in [0.5, 0.6) is 5.75 Å². The molecule has 0 saturated heterocycles. The van der Waals surface area contributed by atoms with Crippen LogP contribution in [0, 0.1) is 0 Å². The standard InChI is InChI=1S/C15H25NO2/c1-5-9-16(4)11-14-10-13(12(3)17)7-8-15(14)18-6-2/h7-8,10,12,17H,5-6,9,11H2,1-4H3. The van der Waals surface area contributed by atoms with Crippen molar-refractivity contribution in [2.45, 2.75) is 39.8 Å². The van der Waals surface area contributed by atoms with Crippen LogP contribution in [0.2, 0.25) is 0 Å². The number of ether oxygens (including phenoxy) is 1. The van der Waals surface area contributed by atoms with Crippen molar-refractivity contribution >= 4 is 0 Å². The van der Waals surface area contributed by atoms with Gasteiger partial charge in [-0.25, -0.2) is 0 Å². The molecule has 102 valence electrons. The first-order valence-corrected chi connectivity index (χ1v) is 6.70. The van der Waals surface area contributed by atoms with E-state index in [1.54, 1.807) is 6.92 Å². The molecule has 3 heteroatoms. The fourth-order valence-electron chi connectivity index (χ4n) is 2.03. The smallest absolute Gasteiger partial charge is 0.123 e. The highest BCUT2D eigenvalue weighted by atomic mass is 16.5. The van der Waals surface area contributed by atoms with Crippen LogP contribution in [0.25, 0.3) is 0 Å². The summed E-state index contributed by atoms with van der Waals surface area (Å²) in [6.07, 6.45) is 0.701. The van der Waals surface area contributed by atoms with Crippen LogP contribution in [0.3, 0.4) is 0 Å². The lowest BCUT2D eigenvalue weighted by molar-refractivity contribution is 0.198. The Morgan fingerprint density at radius 1 is 1.33 bits per heavy atom. The van der Waals surface area contributed by atoms with E-state index in [1.807, 2.05) is 25.1 Å². The molecule has 1 aromatic rings. The highest BCUT2D eigenvalue weighted by Gasteiger charge is 2.10. The van der Waals surface area contributed by atoms with Crippen molar-refractivity contribution in [3.05, 3.63) is 29.3 Å². The predicted molar refractivity (Wildman–Crippen MR) is 74.9 cm³/mol. The second kappa shape index (κ2) is 7.39. The summed E-state index contributed by atoms with van der Waals surface area (Å²) in [5.41, 5.74) is 2.09. The molecule has 1 aromatic carbocycles. The summed E-state index contributed by atoms with van der Waals surface area (Å²) in [5, 5.41) is 9.65. The molecule has 1 N–H and O–H groups in total. The summed E-state index contributed by atoms with van der Waals surface area (Å²) in [4.78, 5) is 2.27. The van der Waals surface area contributed by atoms with Crippen LogP contribution in [0.1, 0.15) is 44.4 Å². The topological polar surface area (TPSA) is 32.7 Å². The fraction of sp³-hybridized carbons (Fsp3) is 0.600. The molecule has 1 rings (SSSR count). The molecule has 0 spiro atoms. The average Bonchev–Trinajstić information content (AvgIpc) is 2.31. The molecule has 1 unspecified atom stereocenters. The summed E-state index contributed by atoms with van der Waals surface area (Å²) in [6.45, 7) is 8.52. The third-order valence-corrected chi connectivity index (χ3v) is 2.91. The van der Waals surface area contributed by atoms with Gasteiger partial charge in [0, 0.05) is 12.1 Å². The molecule has 0 fully saturated rings. The molecule has 0 saturated carbocycles. The van der Waals surface area contributed by atoms with E-state index >= 15 is 0 Å². The number of rotatable bonds is 7. The zero-order chi connectivity index (χ0) is 13.5. The van der Waals surface area contributed by atoms with E-state index < -0.39 is 6.10 Å². The first-order valence-electron chi connectivity index (χ1n) is 6.70. The number of nitrogens with zero attached hydrogens (tertiary/aromatic N) is 1. The van der Waals surface area contributed by atoms with Gasteiger partial charge >= 0.3 is 0 Å². The van der Waals surface area contributed by atoms with Crippen molar-refractivity contribution in [3.63, 3.8) is 0 Å². The highest BCUT2D eigenvalue weighted by Crippen LogP contribution is 2.24. The molecule has 0 aliphatic heterocycles. The normalized spacial score (nSPS) is 12.8. The molecular formula is C15H25NO2. The Labute approximate surface area is 110 Å². The van der Waals surface area contributed by atoms with Crippen LogP contribution >= 0.6 is 0 Å². The van der Waals surface area contributed by atoms with Crippen molar-refractivity contribution in [3.8, 4) is 5.75 Å². The first kappa shape index (κ1) is 15.0. The van der Waals surface area contributed by atoms with Crippen molar-refractivity contribution in [2.75, 3.05) is 20.2 Å². The lowest BCUT2D eigenvalue weighted by Crippen LogP contribution is -2.19. The number of benzene rings is 1. The molecule has 0 radical (unpaired) electrons. The maximum atomic E-state index is 9.65. The van der Waals surface area contributed by atoms with Crippen molar-refractivity contribution in [1.29, 1.82) is 0 Å². The molecule has 1 atom stereocenters. The van der Waals surface area contributed by atoms with Crippen molar-refractivity contribution in [2.24, 2.45) is 0 Å². The molecule has 0 aliphatic rings. The molecule has 3 nitrogen and oxygen atoms in total. The first-order chi connectivity index (χ1) is 8.58. The highest BCUT2D eigenvalue weighted by molar-refractivity contribution is 5.38. The summed E-state index contributed by atoms with van der Waals surface area (Å²) in [5.74, 6) is 0.921. The summed E-state index contributed by atoms with van der Waals surface area (Å²) in [7, 11) is 2.11. The Morgan fingerprint density at radius 3 is 2.61 bits per heavy atom. The molecule has 0 amide bonds. The zero-order valence-corrected chi connectivity index (χ0v) is 11.9.